The van der Waals surface area contributed by atoms with Gasteiger partial charge in [0.2, 0.25) is 0 Å². The molecule has 22 heavy (non-hydrogen) atoms. The number of para-hydroxylation sites is 1. The first kappa shape index (κ1) is 17.8. The van der Waals surface area contributed by atoms with Gasteiger partial charge in [-0.2, -0.15) is 12.8 Å². The summed E-state index contributed by atoms with van der Waals surface area (Å²) in [6, 6.07) is 7.93. The number of aliphatic carboxylic acids is 1. The van der Waals surface area contributed by atoms with Crippen LogP contribution in [0.3, 0.4) is 0 Å². The average Bonchev–Trinajstić information content (AvgIpc) is 2.49. The van der Waals surface area contributed by atoms with Gasteiger partial charge in [0.1, 0.15) is 0 Å². The molecular formula is C13H16N2O6S. The molecule has 0 heterocycles. The lowest BCUT2D eigenvalue weighted by molar-refractivity contribution is -0.384. The summed E-state index contributed by atoms with van der Waals surface area (Å²) in [6.07, 6.45) is 3.07. The Morgan fingerprint density at radius 3 is 2.09 bits per heavy atom. The van der Waals surface area contributed by atoms with Crippen molar-refractivity contribution in [1.82, 2.24) is 0 Å². The van der Waals surface area contributed by atoms with E-state index in [9.17, 15) is 23.3 Å². The van der Waals surface area contributed by atoms with Gasteiger partial charge in [-0.05, 0) is 12.8 Å². The van der Waals surface area contributed by atoms with Crippen molar-refractivity contribution in [2.45, 2.75) is 37.6 Å². The molecule has 1 aromatic rings. The van der Waals surface area contributed by atoms with Crippen molar-refractivity contribution in [2.24, 2.45) is 4.36 Å². The van der Waals surface area contributed by atoms with Gasteiger partial charge in [-0.25, -0.2) is 4.79 Å². The Balaban J connectivity index is 0.000000235. The summed E-state index contributed by atoms with van der Waals surface area (Å²) in [5, 5.41) is 18.9. The molecule has 1 aliphatic carbocycles. The topological polar surface area (TPSA) is 127 Å². The van der Waals surface area contributed by atoms with Gasteiger partial charge < -0.3 is 5.11 Å². The van der Waals surface area contributed by atoms with Gasteiger partial charge in [-0.1, -0.05) is 37.5 Å². The predicted octanol–water partition coefficient (Wildman–Crippen LogP) is 2.43. The predicted molar refractivity (Wildman–Crippen MR) is 77.9 cm³/mol. The fourth-order valence-corrected chi connectivity index (χ4v) is 2.72. The zero-order valence-corrected chi connectivity index (χ0v) is 12.5. The lowest BCUT2D eigenvalue weighted by atomic mass is 9.83. The summed E-state index contributed by atoms with van der Waals surface area (Å²) in [5.41, 5.74) is -1.23. The van der Waals surface area contributed by atoms with Gasteiger partial charge in [-0.15, -0.1) is 0 Å². The lowest BCUT2D eigenvalue weighted by Crippen LogP contribution is -2.38. The van der Waals surface area contributed by atoms with E-state index in [2.05, 4.69) is 4.36 Å². The molecule has 1 aliphatic rings. The molecule has 2 rings (SSSR count). The molecule has 0 amide bonds. The molecular weight excluding hydrogens is 312 g/mol. The number of nitro groups is 1. The zero-order chi connectivity index (χ0) is 16.6. The highest BCUT2D eigenvalue weighted by atomic mass is 32.2. The van der Waals surface area contributed by atoms with Crippen LogP contribution in [-0.4, -0.2) is 30.0 Å². The van der Waals surface area contributed by atoms with E-state index >= 15 is 0 Å². The molecule has 9 heteroatoms. The molecule has 1 saturated carbocycles. The SMILES string of the molecule is O=C(O)C1(N=S(=O)=O)CCCCC1.O=[N+]([O-])c1ccccc1. The van der Waals surface area contributed by atoms with Gasteiger partial charge >= 0.3 is 16.5 Å². The third-order valence-corrected chi connectivity index (χ3v) is 3.79. The first-order valence-corrected chi connectivity index (χ1v) is 7.66. The second-order valence-electron chi connectivity index (χ2n) is 4.80. The maximum Gasteiger partial charge on any atom is 0.332 e. The minimum absolute atomic E-state index is 0.137. The second kappa shape index (κ2) is 8.23. The van der Waals surface area contributed by atoms with E-state index in [0.717, 1.165) is 19.3 Å². The quantitative estimate of drug-likeness (QED) is 0.670. The van der Waals surface area contributed by atoms with Crippen LogP contribution in [0.5, 0.6) is 0 Å². The van der Waals surface area contributed by atoms with E-state index in [-0.39, 0.29) is 5.69 Å². The summed E-state index contributed by atoms with van der Waals surface area (Å²) in [6.45, 7) is 0. The number of carbonyl (C=O) groups is 1. The molecule has 0 saturated heterocycles. The molecule has 8 nitrogen and oxygen atoms in total. The van der Waals surface area contributed by atoms with E-state index in [1.807, 2.05) is 0 Å². The minimum atomic E-state index is -2.63. The Bertz CT molecular complexity index is 642. The number of nitro benzene ring substituents is 1. The van der Waals surface area contributed by atoms with Crippen LogP contribution < -0.4 is 0 Å². The van der Waals surface area contributed by atoms with Crippen LogP contribution in [0.25, 0.3) is 0 Å². The molecule has 0 spiro atoms. The number of nitrogens with zero attached hydrogens (tertiary/aromatic N) is 2. The number of hydrogen-bond donors (Lipinski definition) is 1. The van der Waals surface area contributed by atoms with Gasteiger partial charge in [0.25, 0.3) is 5.69 Å². The number of rotatable bonds is 3. The normalized spacial score (nSPS) is 15.8. The van der Waals surface area contributed by atoms with Crippen molar-refractivity contribution in [3.63, 3.8) is 0 Å². The monoisotopic (exact) mass is 328 g/mol. The summed E-state index contributed by atoms with van der Waals surface area (Å²) >= 11 is 0. The minimum Gasteiger partial charge on any atom is -0.479 e. The van der Waals surface area contributed by atoms with Crippen molar-refractivity contribution >= 4 is 22.2 Å². The highest BCUT2D eigenvalue weighted by molar-refractivity contribution is 7.61. The zero-order valence-electron chi connectivity index (χ0n) is 11.7. The molecule has 0 aliphatic heterocycles. The Morgan fingerprint density at radius 1 is 1.18 bits per heavy atom. The Kier molecular flexibility index (Phi) is 6.64. The molecule has 0 unspecified atom stereocenters. The van der Waals surface area contributed by atoms with E-state index in [1.54, 1.807) is 18.2 Å². The van der Waals surface area contributed by atoms with Crippen molar-refractivity contribution in [3.8, 4) is 0 Å². The van der Waals surface area contributed by atoms with Crippen molar-refractivity contribution in [3.05, 3.63) is 40.4 Å². The van der Waals surface area contributed by atoms with Gasteiger partial charge in [0.15, 0.2) is 5.54 Å². The van der Waals surface area contributed by atoms with Crippen molar-refractivity contribution in [2.75, 3.05) is 0 Å². The van der Waals surface area contributed by atoms with Gasteiger partial charge in [0, 0.05) is 12.1 Å². The van der Waals surface area contributed by atoms with E-state index in [1.165, 1.54) is 12.1 Å². The summed E-state index contributed by atoms with van der Waals surface area (Å²) in [7, 11) is -2.63. The smallest absolute Gasteiger partial charge is 0.332 e. The number of carboxylic acid groups (broad SMARTS) is 1. The van der Waals surface area contributed by atoms with Crippen LogP contribution in [0.15, 0.2) is 34.7 Å². The summed E-state index contributed by atoms with van der Waals surface area (Å²) < 4.78 is 24.0. The van der Waals surface area contributed by atoms with E-state index < -0.39 is 26.9 Å². The largest absolute Gasteiger partial charge is 0.479 e. The standard InChI is InChI=1S/C7H11NO4S.C6H5NO2/c9-6(10)7(8-13(11)12)4-2-1-3-5-7;8-7(9)6-4-2-1-3-5-6/h1-5H2,(H,9,10);1-5H. The third kappa shape index (κ3) is 5.24. The van der Waals surface area contributed by atoms with Crippen LogP contribution in [0, 0.1) is 10.1 Å². The lowest BCUT2D eigenvalue weighted by Gasteiger charge is -2.26. The molecule has 1 fully saturated rings. The molecule has 1 aromatic carbocycles. The van der Waals surface area contributed by atoms with Crippen LogP contribution in [0.4, 0.5) is 5.69 Å². The molecule has 0 aromatic heterocycles. The Morgan fingerprint density at radius 2 is 1.73 bits per heavy atom. The fourth-order valence-electron chi connectivity index (χ4n) is 2.17. The number of carboxylic acids is 1. The second-order valence-corrected chi connectivity index (χ2v) is 5.42. The number of benzene rings is 1. The van der Waals surface area contributed by atoms with Crippen LogP contribution in [-0.2, 0) is 15.3 Å². The van der Waals surface area contributed by atoms with Gasteiger partial charge in [-0.3, -0.25) is 10.1 Å². The van der Waals surface area contributed by atoms with E-state index in [4.69, 9.17) is 5.11 Å². The summed E-state index contributed by atoms with van der Waals surface area (Å²) in [4.78, 5) is 20.4. The van der Waals surface area contributed by atoms with Crippen LogP contribution in [0.2, 0.25) is 0 Å². The highest BCUT2D eigenvalue weighted by Crippen LogP contribution is 2.31. The molecule has 120 valence electrons. The molecule has 0 bridgehead atoms. The third-order valence-electron chi connectivity index (χ3n) is 3.30. The van der Waals surface area contributed by atoms with Crippen molar-refractivity contribution in [1.29, 1.82) is 0 Å². The average molecular weight is 328 g/mol. The first-order chi connectivity index (χ1) is 10.4. The maximum absolute atomic E-state index is 10.8. The van der Waals surface area contributed by atoms with Crippen LogP contribution in [0.1, 0.15) is 32.1 Å². The Labute approximate surface area is 128 Å². The Hall–Kier alpha value is -2.29. The molecule has 0 atom stereocenters. The van der Waals surface area contributed by atoms with E-state index in [0.29, 0.717) is 12.8 Å². The molecule has 0 radical (unpaired) electrons. The maximum atomic E-state index is 10.8. The summed E-state index contributed by atoms with van der Waals surface area (Å²) in [5.74, 6) is -1.13. The van der Waals surface area contributed by atoms with Crippen LogP contribution >= 0.6 is 0 Å². The van der Waals surface area contributed by atoms with Gasteiger partial charge in [0.05, 0.1) is 4.92 Å². The number of non-ortho nitro benzene ring substituents is 1. The first-order valence-electron chi connectivity index (χ1n) is 6.62. The highest BCUT2D eigenvalue weighted by Gasteiger charge is 2.40. The number of hydrogen-bond acceptors (Lipinski definition) is 6. The fraction of sp³-hybridized carbons (Fsp3) is 0.462. The molecule has 1 N–H and O–H groups in total. The van der Waals surface area contributed by atoms with Crippen molar-refractivity contribution < 1.29 is 23.2 Å².